The molecule has 0 aliphatic heterocycles. The van der Waals surface area contributed by atoms with Crippen molar-refractivity contribution < 1.29 is 33.3 Å². The number of imidazole rings is 1. The molecule has 0 aliphatic carbocycles. The first kappa shape index (κ1) is 31.5. The Morgan fingerprint density at radius 1 is 1.17 bits per heavy atom. The van der Waals surface area contributed by atoms with Gasteiger partial charge in [0.25, 0.3) is 11.8 Å². The second kappa shape index (κ2) is 14.6. The number of halogens is 3. The molecular weight excluding hydrogens is 558 g/mol. The van der Waals surface area contributed by atoms with Crippen LogP contribution in [0.3, 0.4) is 0 Å². The lowest BCUT2D eigenvalue weighted by Gasteiger charge is -2.16. The number of benzene rings is 2. The number of quaternary nitrogens is 1. The first-order chi connectivity index (χ1) is 19.6. The highest BCUT2D eigenvalue weighted by Crippen LogP contribution is 2.30. The quantitative estimate of drug-likeness (QED) is 0.160. The maximum absolute atomic E-state index is 14.6. The minimum Gasteiger partial charge on any atom is -0.494 e. The van der Waals surface area contributed by atoms with Crippen LogP contribution in [0.4, 0.5) is 14.5 Å². The summed E-state index contributed by atoms with van der Waals surface area (Å²) in [7, 11) is 6.34. The highest BCUT2D eigenvalue weighted by Gasteiger charge is 2.21. The van der Waals surface area contributed by atoms with Gasteiger partial charge in [-0.25, -0.2) is 19.8 Å². The summed E-state index contributed by atoms with van der Waals surface area (Å²) < 4.78 is 40.0. The van der Waals surface area contributed by atoms with Crippen molar-refractivity contribution >= 4 is 29.1 Å². The Morgan fingerprint density at radius 2 is 1.93 bits per heavy atom. The molecule has 1 heterocycles. The molecule has 0 aliphatic rings. The van der Waals surface area contributed by atoms with E-state index in [2.05, 4.69) is 15.6 Å². The molecule has 41 heavy (non-hydrogen) atoms. The van der Waals surface area contributed by atoms with Gasteiger partial charge in [-0.05, 0) is 49.2 Å². The Bertz CT molecular complexity index is 1430. The number of carbonyl (C=O) groups excluding carboxylic acids is 2. The third-order valence-corrected chi connectivity index (χ3v) is 6.53. The smallest absolute Gasteiger partial charge is 0.291 e. The predicted molar refractivity (Wildman–Crippen MR) is 152 cm³/mol. The van der Waals surface area contributed by atoms with E-state index in [9.17, 15) is 18.4 Å². The van der Waals surface area contributed by atoms with Gasteiger partial charge in [-0.2, -0.15) is 4.39 Å². The average Bonchev–Trinajstić information content (AvgIpc) is 3.33. The SMILES string of the molecule is C[NH2+]N(/C=C(\C)CNC(=O)c1ccc(NC(=O)c2ncc(-c3ccc(OC)c(F)c3F)n2C)cc1Cl)CCCOC. The highest BCUT2D eigenvalue weighted by molar-refractivity contribution is 6.34. The third-order valence-electron chi connectivity index (χ3n) is 6.22. The van der Waals surface area contributed by atoms with Crippen molar-refractivity contribution in [1.29, 1.82) is 0 Å². The number of nitrogens with zero attached hydrogens (tertiary/aromatic N) is 3. The van der Waals surface area contributed by atoms with E-state index in [-0.39, 0.29) is 39.3 Å². The minimum atomic E-state index is -1.14. The molecular formula is C28H34ClF2N6O4+. The van der Waals surface area contributed by atoms with Crippen molar-refractivity contribution in [3.05, 3.63) is 76.3 Å². The number of methoxy groups -OCH3 is 2. The molecule has 0 atom stereocenters. The average molecular weight is 592 g/mol. The molecule has 3 aromatic rings. The maximum Gasteiger partial charge on any atom is 0.291 e. The van der Waals surface area contributed by atoms with E-state index in [0.29, 0.717) is 18.8 Å². The van der Waals surface area contributed by atoms with Crippen LogP contribution in [0.25, 0.3) is 11.3 Å². The molecule has 0 radical (unpaired) electrons. The van der Waals surface area contributed by atoms with Crippen molar-refractivity contribution in [3.8, 4) is 17.0 Å². The van der Waals surface area contributed by atoms with Gasteiger partial charge in [-0.3, -0.25) is 9.59 Å². The zero-order valence-electron chi connectivity index (χ0n) is 23.6. The molecule has 0 unspecified atom stereocenters. The van der Waals surface area contributed by atoms with Gasteiger partial charge in [0.1, 0.15) is 0 Å². The van der Waals surface area contributed by atoms with Gasteiger partial charge < -0.3 is 24.7 Å². The van der Waals surface area contributed by atoms with Crippen LogP contribution in [0.15, 0.2) is 48.3 Å². The summed E-state index contributed by atoms with van der Waals surface area (Å²) in [6, 6.07) is 7.12. The largest absolute Gasteiger partial charge is 0.494 e. The normalized spacial score (nSPS) is 11.4. The van der Waals surface area contributed by atoms with E-state index < -0.39 is 17.5 Å². The summed E-state index contributed by atoms with van der Waals surface area (Å²) >= 11 is 6.36. The monoisotopic (exact) mass is 591 g/mol. The molecule has 13 heteroatoms. The molecule has 220 valence electrons. The van der Waals surface area contributed by atoms with Crippen LogP contribution in [-0.2, 0) is 11.8 Å². The van der Waals surface area contributed by atoms with Crippen LogP contribution >= 0.6 is 11.6 Å². The van der Waals surface area contributed by atoms with Crippen LogP contribution in [0.1, 0.15) is 34.3 Å². The molecule has 10 nitrogen and oxygen atoms in total. The van der Waals surface area contributed by atoms with Crippen molar-refractivity contribution in [2.75, 3.05) is 46.3 Å². The molecule has 0 saturated heterocycles. The number of hydrogen-bond acceptors (Lipinski definition) is 6. The number of rotatable bonds is 13. The van der Waals surface area contributed by atoms with E-state index in [1.165, 1.54) is 55.3 Å². The summed E-state index contributed by atoms with van der Waals surface area (Å²) in [5.41, 5.74) is 3.58. The minimum absolute atomic E-state index is 0.0450. The van der Waals surface area contributed by atoms with E-state index in [4.69, 9.17) is 21.1 Å². The Balaban J connectivity index is 1.66. The van der Waals surface area contributed by atoms with Gasteiger partial charge in [0, 0.05) is 38.6 Å². The lowest BCUT2D eigenvalue weighted by molar-refractivity contribution is -0.770. The zero-order valence-corrected chi connectivity index (χ0v) is 24.3. The molecule has 0 bridgehead atoms. The Labute approximate surface area is 242 Å². The van der Waals surface area contributed by atoms with Crippen molar-refractivity contribution in [3.63, 3.8) is 0 Å². The fourth-order valence-electron chi connectivity index (χ4n) is 4.03. The van der Waals surface area contributed by atoms with Crippen LogP contribution in [0, 0.1) is 11.6 Å². The summed E-state index contributed by atoms with van der Waals surface area (Å²) in [6.07, 6.45) is 4.10. The van der Waals surface area contributed by atoms with Crippen LogP contribution in [0.5, 0.6) is 5.75 Å². The van der Waals surface area contributed by atoms with Crippen LogP contribution in [-0.4, -0.2) is 67.3 Å². The maximum atomic E-state index is 14.6. The van der Waals surface area contributed by atoms with E-state index in [1.807, 2.05) is 30.6 Å². The Kier molecular flexibility index (Phi) is 11.2. The summed E-state index contributed by atoms with van der Waals surface area (Å²) in [5.74, 6) is -3.51. The highest BCUT2D eigenvalue weighted by atomic mass is 35.5. The van der Waals surface area contributed by atoms with Gasteiger partial charge in [-0.1, -0.05) is 11.6 Å². The number of amides is 2. The topological polar surface area (TPSA) is 114 Å². The van der Waals surface area contributed by atoms with Crippen molar-refractivity contribution in [2.24, 2.45) is 7.05 Å². The van der Waals surface area contributed by atoms with Gasteiger partial charge >= 0.3 is 0 Å². The summed E-state index contributed by atoms with van der Waals surface area (Å²) in [5, 5.41) is 7.67. The second-order valence-electron chi connectivity index (χ2n) is 9.12. The van der Waals surface area contributed by atoms with Gasteiger partial charge in [0.05, 0.1) is 49.4 Å². The number of carbonyl (C=O) groups is 2. The third kappa shape index (κ3) is 7.81. The number of nitrogens with one attached hydrogen (secondary N) is 2. The van der Waals surface area contributed by atoms with E-state index >= 15 is 0 Å². The molecule has 0 saturated carbocycles. The standard InChI is InChI=1S/C28H33ClF2N6O4/c1-17(16-37(32-2)11-6-12-40-4)14-34-27(38)19-8-7-18(13-21(19)29)35-28(39)26-33-15-22(36(26)3)20-9-10-23(41-5)25(31)24(20)30/h7-10,13,15-16,32H,6,11-12,14H2,1-5H3,(H,34,38)(H,35,39)/p+1/b17-16+. The molecule has 3 rings (SSSR count). The number of anilines is 1. The molecule has 4 N–H and O–H groups in total. The summed E-state index contributed by atoms with van der Waals surface area (Å²) in [6.45, 7) is 3.69. The summed E-state index contributed by atoms with van der Waals surface area (Å²) in [4.78, 5) is 29.7. The fraction of sp³-hybridized carbons (Fsp3) is 0.321. The second-order valence-corrected chi connectivity index (χ2v) is 9.53. The molecule has 1 aromatic heterocycles. The van der Waals surface area contributed by atoms with Crippen LogP contribution < -0.4 is 20.8 Å². The van der Waals surface area contributed by atoms with Gasteiger partial charge in [0.2, 0.25) is 5.82 Å². The first-order valence-corrected chi connectivity index (χ1v) is 13.1. The fourth-order valence-corrected chi connectivity index (χ4v) is 4.29. The van der Waals surface area contributed by atoms with Gasteiger partial charge in [0.15, 0.2) is 17.4 Å². The number of hydrogen-bond donors (Lipinski definition) is 3. The lowest BCUT2D eigenvalue weighted by Crippen LogP contribution is -2.89. The Hall–Kier alpha value is -4.00. The Morgan fingerprint density at radius 3 is 2.59 bits per heavy atom. The van der Waals surface area contributed by atoms with E-state index in [1.54, 1.807) is 7.11 Å². The molecule has 2 aromatic carbocycles. The van der Waals surface area contributed by atoms with Crippen molar-refractivity contribution in [2.45, 2.75) is 13.3 Å². The molecule has 0 spiro atoms. The number of aromatic nitrogens is 2. The van der Waals surface area contributed by atoms with Crippen molar-refractivity contribution in [1.82, 2.24) is 19.9 Å². The van der Waals surface area contributed by atoms with Crippen LogP contribution in [0.2, 0.25) is 5.02 Å². The number of nitrogens with two attached hydrogens (primary N) is 1. The number of ether oxygens (including phenoxy) is 2. The molecule has 0 fully saturated rings. The zero-order chi connectivity index (χ0) is 30.1. The molecule has 2 amide bonds. The predicted octanol–water partition coefficient (Wildman–Crippen LogP) is 3.36. The first-order valence-electron chi connectivity index (χ1n) is 12.8. The van der Waals surface area contributed by atoms with E-state index in [0.717, 1.165) is 18.5 Å². The lowest BCUT2D eigenvalue weighted by atomic mass is 10.1. The van der Waals surface area contributed by atoms with Gasteiger partial charge in [-0.15, -0.1) is 0 Å².